The summed E-state index contributed by atoms with van der Waals surface area (Å²) in [5, 5.41) is 20.2. The van der Waals surface area contributed by atoms with Crippen molar-refractivity contribution in [3.8, 4) is 5.75 Å². The number of benzene rings is 2. The van der Waals surface area contributed by atoms with E-state index in [0.29, 0.717) is 15.6 Å². The molecular weight excluding hydrogens is 460 g/mol. The summed E-state index contributed by atoms with van der Waals surface area (Å²) in [7, 11) is 0. The first-order valence-electron chi connectivity index (χ1n) is 7.43. The van der Waals surface area contributed by atoms with Gasteiger partial charge in [0, 0.05) is 12.1 Å². The maximum Gasteiger partial charge on any atom is 0.293 e. The number of phenolic OH excluding ortho intramolecular Hbond substituents is 1. The molecule has 0 atom stereocenters. The zero-order valence-corrected chi connectivity index (χ0v) is 16.5. The number of nitro groups is 1. The monoisotopic (exact) mass is 468 g/mol. The number of imide groups is 1. The van der Waals surface area contributed by atoms with E-state index < -0.39 is 16.1 Å². The minimum Gasteiger partial charge on any atom is -0.505 e. The third kappa shape index (κ3) is 4.15. The Morgan fingerprint density at radius 2 is 2.04 bits per heavy atom. The fourth-order valence-electron chi connectivity index (χ4n) is 2.41. The van der Waals surface area contributed by atoms with Crippen LogP contribution in [0, 0.1) is 10.1 Å². The molecular formula is C17H10BrClN2O5S. The van der Waals surface area contributed by atoms with Gasteiger partial charge in [0.05, 0.1) is 25.9 Å². The second kappa shape index (κ2) is 7.71. The second-order valence-corrected chi connectivity index (χ2v) is 7.78. The predicted molar refractivity (Wildman–Crippen MR) is 105 cm³/mol. The van der Waals surface area contributed by atoms with Gasteiger partial charge in [0.15, 0.2) is 0 Å². The van der Waals surface area contributed by atoms with Crippen LogP contribution < -0.4 is 0 Å². The van der Waals surface area contributed by atoms with E-state index in [2.05, 4.69) is 15.9 Å². The minimum atomic E-state index is -0.538. The van der Waals surface area contributed by atoms with E-state index in [-0.39, 0.29) is 27.9 Å². The third-order valence-electron chi connectivity index (χ3n) is 3.67. The summed E-state index contributed by atoms with van der Waals surface area (Å²) in [6, 6.07) is 8.80. The summed E-state index contributed by atoms with van der Waals surface area (Å²) in [6.07, 6.45) is 1.49. The summed E-state index contributed by atoms with van der Waals surface area (Å²) < 4.78 is 0.358. The molecule has 0 bridgehead atoms. The molecule has 1 heterocycles. The summed E-state index contributed by atoms with van der Waals surface area (Å²) in [5.74, 6) is -0.621. The summed E-state index contributed by atoms with van der Waals surface area (Å²) >= 11 is 9.84. The van der Waals surface area contributed by atoms with Gasteiger partial charge in [-0.05, 0) is 57.0 Å². The Hall–Kier alpha value is -2.36. The Balaban J connectivity index is 1.85. The molecule has 138 valence electrons. The van der Waals surface area contributed by atoms with Gasteiger partial charge in [0.1, 0.15) is 5.75 Å². The number of carbonyl (C=O) groups excluding carboxylic acids is 2. The van der Waals surface area contributed by atoms with Crippen molar-refractivity contribution in [1.82, 2.24) is 4.90 Å². The van der Waals surface area contributed by atoms with Gasteiger partial charge in [0.25, 0.3) is 16.8 Å². The fourth-order valence-corrected chi connectivity index (χ4v) is 4.07. The van der Waals surface area contributed by atoms with Crippen molar-refractivity contribution in [3.63, 3.8) is 0 Å². The predicted octanol–water partition coefficient (Wildman–Crippen LogP) is 4.95. The first kappa shape index (κ1) is 19.4. The molecule has 3 rings (SSSR count). The lowest BCUT2D eigenvalue weighted by Crippen LogP contribution is -2.27. The van der Waals surface area contributed by atoms with Gasteiger partial charge in [0.2, 0.25) is 0 Å². The maximum absolute atomic E-state index is 12.6. The van der Waals surface area contributed by atoms with Crippen molar-refractivity contribution < 1.29 is 19.6 Å². The van der Waals surface area contributed by atoms with Gasteiger partial charge in [-0.2, -0.15) is 0 Å². The molecule has 1 saturated heterocycles. The molecule has 1 aliphatic heterocycles. The van der Waals surface area contributed by atoms with Gasteiger partial charge < -0.3 is 5.11 Å². The molecule has 0 unspecified atom stereocenters. The average Bonchev–Trinajstić information content (AvgIpc) is 2.87. The van der Waals surface area contributed by atoms with Crippen LogP contribution in [0.1, 0.15) is 11.1 Å². The molecule has 7 nitrogen and oxygen atoms in total. The number of rotatable bonds is 4. The van der Waals surface area contributed by atoms with Crippen LogP contribution in [0.4, 0.5) is 10.5 Å². The molecule has 0 radical (unpaired) electrons. The molecule has 0 saturated carbocycles. The van der Waals surface area contributed by atoms with Crippen LogP contribution in [-0.2, 0) is 11.3 Å². The first-order valence-corrected chi connectivity index (χ1v) is 9.41. The minimum absolute atomic E-state index is 0.0658. The number of non-ortho nitro benzene ring substituents is 1. The molecule has 2 amide bonds. The third-order valence-corrected chi connectivity index (χ3v) is 5.47. The van der Waals surface area contributed by atoms with Gasteiger partial charge in [-0.3, -0.25) is 24.6 Å². The molecule has 0 aliphatic carbocycles. The first-order chi connectivity index (χ1) is 12.8. The summed E-state index contributed by atoms with van der Waals surface area (Å²) in [6.45, 7) is -0.0658. The number of halogens is 2. The Morgan fingerprint density at radius 3 is 2.70 bits per heavy atom. The Morgan fingerprint density at radius 1 is 1.30 bits per heavy atom. The number of carbonyl (C=O) groups is 2. The number of nitrogens with zero attached hydrogens (tertiary/aromatic N) is 2. The number of hydrogen-bond donors (Lipinski definition) is 1. The van der Waals surface area contributed by atoms with Crippen molar-refractivity contribution in [3.05, 3.63) is 72.0 Å². The average molecular weight is 470 g/mol. The molecule has 1 N–H and O–H groups in total. The van der Waals surface area contributed by atoms with Gasteiger partial charge in [-0.15, -0.1) is 0 Å². The van der Waals surface area contributed by atoms with E-state index in [1.54, 1.807) is 12.1 Å². The zero-order chi connectivity index (χ0) is 19.7. The number of phenols is 1. The highest BCUT2D eigenvalue weighted by Gasteiger charge is 2.35. The number of thioether (sulfide) groups is 1. The van der Waals surface area contributed by atoms with Gasteiger partial charge >= 0.3 is 0 Å². The standard InChI is InChI=1S/C17H10BrClN2O5S/c18-12-5-10(6-13(19)15(12)22)7-14-16(23)20(17(24)27-14)8-9-2-1-3-11(4-9)21(25)26/h1-7,22H,8H2/b14-7+. The molecule has 0 aromatic heterocycles. The van der Waals surface area contributed by atoms with Gasteiger partial charge in [-0.1, -0.05) is 23.7 Å². The highest BCUT2D eigenvalue weighted by molar-refractivity contribution is 9.10. The quantitative estimate of drug-likeness (QED) is 0.386. The van der Waals surface area contributed by atoms with Crippen LogP contribution >= 0.6 is 39.3 Å². The lowest BCUT2D eigenvalue weighted by Gasteiger charge is -2.12. The van der Waals surface area contributed by atoms with Crippen molar-refractivity contribution in [1.29, 1.82) is 0 Å². The second-order valence-electron chi connectivity index (χ2n) is 5.53. The van der Waals surface area contributed by atoms with Gasteiger partial charge in [-0.25, -0.2) is 0 Å². The topological polar surface area (TPSA) is 101 Å². The highest BCUT2D eigenvalue weighted by Crippen LogP contribution is 2.37. The van der Waals surface area contributed by atoms with Crippen molar-refractivity contribution in [2.45, 2.75) is 6.54 Å². The Labute approximate surface area is 170 Å². The lowest BCUT2D eigenvalue weighted by atomic mass is 10.2. The molecule has 10 heteroatoms. The fraction of sp³-hybridized carbons (Fsp3) is 0.0588. The maximum atomic E-state index is 12.6. The SMILES string of the molecule is O=C1S/C(=C/c2cc(Cl)c(O)c(Br)c2)C(=O)N1Cc1cccc([N+](=O)[O-])c1. The zero-order valence-electron chi connectivity index (χ0n) is 13.4. The molecule has 1 aliphatic rings. The number of aromatic hydroxyl groups is 1. The van der Waals surface area contributed by atoms with Crippen molar-refractivity contribution in [2.24, 2.45) is 0 Å². The van der Waals surface area contributed by atoms with E-state index in [1.165, 1.54) is 30.3 Å². The Kier molecular flexibility index (Phi) is 5.54. The van der Waals surface area contributed by atoms with E-state index in [4.69, 9.17) is 11.6 Å². The molecule has 1 fully saturated rings. The van der Waals surface area contributed by atoms with Crippen LogP contribution in [0.2, 0.25) is 5.02 Å². The largest absolute Gasteiger partial charge is 0.505 e. The smallest absolute Gasteiger partial charge is 0.293 e. The van der Waals surface area contributed by atoms with E-state index >= 15 is 0 Å². The van der Waals surface area contributed by atoms with Crippen LogP contribution in [0.3, 0.4) is 0 Å². The van der Waals surface area contributed by atoms with E-state index in [0.717, 1.165) is 16.7 Å². The van der Waals surface area contributed by atoms with Crippen molar-refractivity contribution >= 4 is 62.2 Å². The molecule has 0 spiro atoms. The number of nitro benzene ring substituents is 1. The molecule has 27 heavy (non-hydrogen) atoms. The van der Waals surface area contributed by atoms with E-state index in [9.17, 15) is 24.8 Å². The Bertz CT molecular complexity index is 988. The highest BCUT2D eigenvalue weighted by atomic mass is 79.9. The van der Waals surface area contributed by atoms with Crippen LogP contribution in [-0.4, -0.2) is 26.1 Å². The summed E-state index contributed by atoms with van der Waals surface area (Å²) in [5.41, 5.74) is 0.896. The number of amides is 2. The molecule has 2 aromatic rings. The number of hydrogen-bond acceptors (Lipinski definition) is 6. The molecule has 2 aromatic carbocycles. The van der Waals surface area contributed by atoms with E-state index in [1.807, 2.05) is 0 Å². The van der Waals surface area contributed by atoms with Crippen LogP contribution in [0.5, 0.6) is 5.75 Å². The summed E-state index contributed by atoms with van der Waals surface area (Å²) in [4.78, 5) is 36.3. The normalized spacial score (nSPS) is 15.6. The lowest BCUT2D eigenvalue weighted by molar-refractivity contribution is -0.384. The van der Waals surface area contributed by atoms with Crippen LogP contribution in [0.25, 0.3) is 6.08 Å². The van der Waals surface area contributed by atoms with Crippen LogP contribution in [0.15, 0.2) is 45.8 Å². The van der Waals surface area contributed by atoms with Crippen molar-refractivity contribution in [2.75, 3.05) is 0 Å².